The maximum Gasteiger partial charge on any atom is 0.312 e. The molecule has 81 heavy (non-hydrogen) atoms. The Labute approximate surface area is 484 Å². The third-order valence-corrected chi connectivity index (χ3v) is 6.95. The average Bonchev–Trinajstić information content (AvgIpc) is 4.00. The summed E-state index contributed by atoms with van der Waals surface area (Å²) in [6.07, 6.45) is 9.87. The molecule has 1 fully saturated rings. The number of aliphatic hydroxyl groups is 1. The maximum atomic E-state index is 11.4. The molecule has 2 atom stereocenters. The van der Waals surface area contributed by atoms with Crippen LogP contribution in [0.4, 0.5) is 11.4 Å². The molecule has 30 nitrogen and oxygen atoms in total. The predicted molar refractivity (Wildman–Crippen MR) is 322 cm³/mol. The second-order valence-electron chi connectivity index (χ2n) is 14.2. The topological polar surface area (TPSA) is 441 Å². The molecule has 1 saturated heterocycles. The molecular weight excluding hydrogens is 1040 g/mol. The normalized spacial score (nSPS) is 10.1. The number of nitrogens with zero attached hydrogens (tertiary/aromatic N) is 17. The standard InChI is InChI=1S/C11H12N4O4.C11H9NO4.2C4H7N3.C4H10O2.C3H6O.2CH3N3.2CH5N.2B5/c12-14-13-8-2-1-3-11(16)19-10-6-4-9(5-7-10)15(17)18;1-2-3-4-11(13)16-10-7-5-9(6-8-10)12(14)15;2*1-4-3-7(2)6-5-4;1-4(5)3-6-2;1-3-2-4-3;2*1-3-4-2;2*1-2;2*1-4-5(2)3/h4-7H,1-3,8H2;1,5-8H,3-4H2;2*3H,1-2H3;4-5H,3H2,1-2H3;3H,2H2,1H3;2*1H3;2*2H2,1H3;;. The second kappa shape index (κ2) is 64.9. The lowest BCUT2D eigenvalue weighted by Crippen LogP contribution is -2.23. The largest absolute Gasteiger partial charge is 0.427 e. The van der Waals surface area contributed by atoms with Crippen LogP contribution >= 0.6 is 0 Å². The highest BCUT2D eigenvalue weighted by molar-refractivity contribution is 7.61. The van der Waals surface area contributed by atoms with Crippen molar-refractivity contribution in [3.05, 3.63) is 124 Å². The number of aryl methyl sites for hydroxylation is 4. The summed E-state index contributed by atoms with van der Waals surface area (Å²) >= 11 is 0. The Hall–Kier alpha value is -7.60. The molecule has 0 spiro atoms. The Balaban J connectivity index is -0.000000158. The molecule has 3 heterocycles. The molecule has 1 aliphatic heterocycles. The number of nitro benzene ring substituents is 2. The van der Waals surface area contributed by atoms with E-state index < -0.39 is 34.6 Å². The van der Waals surface area contributed by atoms with Crippen LogP contribution in [-0.4, -0.2) is 197 Å². The summed E-state index contributed by atoms with van der Waals surface area (Å²) in [6, 6.07) is 10.5. The number of carbonyl (C=O) groups is 2. The monoisotopic (exact) mass is 1110 g/mol. The van der Waals surface area contributed by atoms with E-state index in [9.17, 15) is 29.8 Å². The van der Waals surface area contributed by atoms with Gasteiger partial charge in [-0.2, -0.15) is 0 Å². The van der Waals surface area contributed by atoms with Gasteiger partial charge in [0.2, 0.25) is 0 Å². The van der Waals surface area contributed by atoms with E-state index in [4.69, 9.17) is 88.8 Å². The fraction of sp³-hybridized carbons (Fsp3) is 0.512. The number of azide groups is 3. The van der Waals surface area contributed by atoms with Gasteiger partial charge in [0.1, 0.15) is 11.5 Å². The molecule has 1 aliphatic rings. The minimum absolute atomic E-state index is 0.0524. The lowest BCUT2D eigenvalue weighted by Gasteiger charge is -2.03. The molecule has 2 unspecified atom stereocenters. The van der Waals surface area contributed by atoms with E-state index in [0.717, 1.165) is 18.0 Å². The summed E-state index contributed by atoms with van der Waals surface area (Å²) in [4.78, 5) is 49.6. The van der Waals surface area contributed by atoms with E-state index in [1.54, 1.807) is 23.4 Å². The number of hydrogen-bond acceptors (Lipinski definition) is 20. The maximum absolute atomic E-state index is 11.4. The van der Waals surface area contributed by atoms with E-state index in [1.165, 1.54) is 90.8 Å². The van der Waals surface area contributed by atoms with Gasteiger partial charge in [-0.1, -0.05) is 25.8 Å². The summed E-state index contributed by atoms with van der Waals surface area (Å²) < 4.78 is 22.5. The zero-order valence-corrected chi connectivity index (χ0v) is 47.7. The number of hydrogen-bond donors (Lipinski definition) is 3. The van der Waals surface area contributed by atoms with Crippen LogP contribution in [0, 0.1) is 46.4 Å². The molecule has 40 heteroatoms. The van der Waals surface area contributed by atoms with Crippen LogP contribution in [0.25, 0.3) is 31.3 Å². The van der Waals surface area contributed by atoms with Gasteiger partial charge in [-0.05, 0) is 95.5 Å². The number of terminal acetylenes is 1. The fourth-order valence-electron chi connectivity index (χ4n) is 3.57. The minimum Gasteiger partial charge on any atom is -0.427 e. The molecule has 422 valence electrons. The number of non-ortho nitro benzene ring substituents is 2. The Morgan fingerprint density at radius 1 is 0.827 bits per heavy atom. The first-order valence-corrected chi connectivity index (χ1v) is 23.3. The number of rotatable bonds is 15. The van der Waals surface area contributed by atoms with Crippen LogP contribution < -0.4 is 20.9 Å². The van der Waals surface area contributed by atoms with E-state index in [-0.39, 0.29) is 41.8 Å². The number of nitrogens with two attached hydrogens (primary N) is 2. The van der Waals surface area contributed by atoms with Crippen LogP contribution in [0.2, 0.25) is 0 Å². The van der Waals surface area contributed by atoms with Crippen LogP contribution in [0.3, 0.4) is 0 Å². The Morgan fingerprint density at radius 3 is 1.35 bits per heavy atom. The molecular formula is C41H67B10N19O11. The van der Waals surface area contributed by atoms with Crippen LogP contribution in [0.15, 0.2) is 76.3 Å². The molecule has 5 N–H and O–H groups in total. The second-order valence-corrected chi connectivity index (χ2v) is 14.2. The van der Waals surface area contributed by atoms with Gasteiger partial charge in [0.15, 0.2) is 0 Å². The van der Waals surface area contributed by atoms with Crippen molar-refractivity contribution in [3.63, 3.8) is 0 Å². The number of carbonyl (C=O) groups excluding carboxylic acids is 2. The smallest absolute Gasteiger partial charge is 0.312 e. The minimum atomic E-state index is -0.526. The molecule has 0 amide bonds. The lowest BCUT2D eigenvalue weighted by atomic mass is 8.97. The quantitative estimate of drug-likeness (QED) is 0.0132. The Bertz CT molecular complexity index is 2260. The summed E-state index contributed by atoms with van der Waals surface area (Å²) in [5.41, 5.74) is 33.5. The van der Waals surface area contributed by atoms with E-state index >= 15 is 0 Å². The molecule has 0 aliphatic carbocycles. The van der Waals surface area contributed by atoms with Crippen LogP contribution in [0.5, 0.6) is 11.5 Å². The number of ether oxygens (including phenoxy) is 4. The van der Waals surface area contributed by atoms with Gasteiger partial charge in [0.05, 0.1) is 53.1 Å². The fourth-order valence-corrected chi connectivity index (χ4v) is 3.57. The lowest BCUT2D eigenvalue weighted by molar-refractivity contribution is -0.385. The molecule has 14 radical (unpaired) electrons. The van der Waals surface area contributed by atoms with E-state index in [1.807, 2.05) is 40.3 Å². The molecule has 4 aromatic rings. The number of aliphatic hydroxyl groups excluding tert-OH is 1. The molecule has 2 aromatic carbocycles. The van der Waals surface area contributed by atoms with Crippen LogP contribution in [0.1, 0.15) is 57.3 Å². The number of aromatic nitrogens is 6. The number of unbranched alkanes of at least 4 members (excludes halogenated alkanes) is 1. The van der Waals surface area contributed by atoms with Gasteiger partial charge in [-0.25, -0.2) is 0 Å². The highest BCUT2D eigenvalue weighted by atomic mass is 16.6. The van der Waals surface area contributed by atoms with Crippen molar-refractivity contribution >= 4 is 96.6 Å². The van der Waals surface area contributed by atoms with E-state index in [0.29, 0.717) is 38.5 Å². The SMILES string of the molecule is C#CCCC(=O)Oc1ccc([N+](=O)[O-])cc1.CC1CO1.CN.CN.CN=[N+]=[N-].CN=[N+]=[N-].COCC(C)O.Cc1cn(C)nn1.Cc1cn(C)nn1.[B][B]B([B])[B].[B][B]B([B])[B].[N-]=[N+]=NCCCCC(=O)Oc1ccc([N+](=O)[O-])cc1. The highest BCUT2D eigenvalue weighted by Gasteiger charge is 2.13. The molecule has 5 rings (SSSR count). The zero-order valence-electron chi connectivity index (χ0n) is 47.7. The van der Waals surface area contributed by atoms with Gasteiger partial charge >= 0.3 is 11.9 Å². The molecule has 0 bridgehead atoms. The van der Waals surface area contributed by atoms with Crippen molar-refractivity contribution < 1.29 is 43.5 Å². The van der Waals surface area contributed by atoms with Crippen molar-refractivity contribution in [3.8, 4) is 23.8 Å². The number of epoxide rings is 1. The van der Waals surface area contributed by atoms with E-state index in [2.05, 4.69) is 79.8 Å². The van der Waals surface area contributed by atoms with Crippen molar-refractivity contribution in [1.82, 2.24) is 30.0 Å². The summed E-state index contributed by atoms with van der Waals surface area (Å²) in [7, 11) is 42.6. The first-order chi connectivity index (χ1) is 38.4. The summed E-state index contributed by atoms with van der Waals surface area (Å²) in [6.45, 7) is 9.32. The summed E-state index contributed by atoms with van der Waals surface area (Å²) in [5.74, 6) is 1.98. The molecule has 0 saturated carbocycles. The number of benzene rings is 2. The summed E-state index contributed by atoms with van der Waals surface area (Å²) in [5, 5.41) is 53.2. The first kappa shape index (κ1) is 87.3. The van der Waals surface area contributed by atoms with Crippen molar-refractivity contribution in [2.24, 2.45) is 40.9 Å². The van der Waals surface area contributed by atoms with Gasteiger partial charge in [0.25, 0.3) is 11.4 Å². The van der Waals surface area contributed by atoms with Gasteiger partial charge in [0, 0.05) is 179 Å². The number of methoxy groups -OCH3 is 1. The van der Waals surface area contributed by atoms with Crippen LogP contribution in [-0.2, 0) is 33.2 Å². The zero-order chi connectivity index (χ0) is 64.0. The van der Waals surface area contributed by atoms with Crippen molar-refractivity contribution in [1.29, 1.82) is 0 Å². The van der Waals surface area contributed by atoms with Gasteiger partial charge in [-0.3, -0.25) is 39.2 Å². The first-order valence-electron chi connectivity index (χ1n) is 23.3. The third-order valence-electron chi connectivity index (χ3n) is 6.95. The van der Waals surface area contributed by atoms with Gasteiger partial charge < -0.3 is 35.5 Å². The number of esters is 2. The molecule has 2 aromatic heterocycles. The van der Waals surface area contributed by atoms with Crippen molar-refractivity contribution in [2.75, 3.05) is 55.1 Å². The Kier molecular flexibility index (Phi) is 69.9. The Morgan fingerprint density at radius 2 is 1.16 bits per heavy atom. The number of nitro groups is 2. The average molecular weight is 1110 g/mol. The van der Waals surface area contributed by atoms with Crippen molar-refractivity contribution in [2.45, 2.75) is 72.0 Å². The third kappa shape index (κ3) is 74.5. The predicted octanol–water partition coefficient (Wildman–Crippen LogP) is 2.75. The highest BCUT2D eigenvalue weighted by Crippen LogP contribution is 2.19. The van der Waals surface area contributed by atoms with Gasteiger partial charge in [-0.15, -0.1) is 22.5 Å².